The van der Waals surface area contributed by atoms with Gasteiger partial charge in [0.1, 0.15) is 6.10 Å². The van der Waals surface area contributed by atoms with Gasteiger partial charge in [-0.1, -0.05) is 18.9 Å². The Morgan fingerprint density at radius 1 is 1.11 bits per heavy atom. The average Bonchev–Trinajstić information content (AvgIpc) is 3.01. The number of carbonyl (C=O) groups is 1. The molecule has 0 aromatic rings. The maximum Gasteiger partial charge on any atom is 0.334 e. The number of carbonyl (C=O) groups excluding carboxylic acids is 1. The minimum Gasteiger partial charge on any atom is -0.459 e. The number of aliphatic hydroxyl groups is 1. The number of allylic oxidation sites excluding steroid dienone is 1. The summed E-state index contributed by atoms with van der Waals surface area (Å²) in [6, 6.07) is 0. The van der Waals surface area contributed by atoms with Crippen molar-refractivity contribution in [1.29, 1.82) is 0 Å². The molecule has 0 amide bonds. The Morgan fingerprint density at radius 3 is 2.33 bits per heavy atom. The van der Waals surface area contributed by atoms with Gasteiger partial charge in [-0.3, -0.25) is 0 Å². The van der Waals surface area contributed by atoms with E-state index in [1.807, 2.05) is 0 Å². The van der Waals surface area contributed by atoms with Gasteiger partial charge in [0.15, 0.2) is 0 Å². The van der Waals surface area contributed by atoms with E-state index in [0.717, 1.165) is 12.8 Å². The molecule has 3 heteroatoms. The summed E-state index contributed by atoms with van der Waals surface area (Å²) in [5.41, 5.74) is 0.691. The first-order chi connectivity index (χ1) is 8.79. The number of ether oxygens (including phenoxy) is 1. The van der Waals surface area contributed by atoms with E-state index >= 15 is 0 Å². The van der Waals surface area contributed by atoms with Gasteiger partial charge in [0.2, 0.25) is 0 Å². The minimum atomic E-state index is -0.192. The normalized spacial score (nSPS) is 22.6. The lowest BCUT2D eigenvalue weighted by Gasteiger charge is -2.14. The second-order valence-electron chi connectivity index (χ2n) is 5.52. The lowest BCUT2D eigenvalue weighted by Crippen LogP contribution is -2.17. The minimum absolute atomic E-state index is 0.0261. The van der Waals surface area contributed by atoms with Gasteiger partial charge >= 0.3 is 5.97 Å². The Bertz CT molecular complexity index is 297. The van der Waals surface area contributed by atoms with Crippen molar-refractivity contribution in [2.24, 2.45) is 5.92 Å². The molecule has 0 heterocycles. The summed E-state index contributed by atoms with van der Waals surface area (Å²) in [7, 11) is 0. The zero-order valence-electron chi connectivity index (χ0n) is 11.1. The van der Waals surface area contributed by atoms with Crippen LogP contribution in [-0.4, -0.2) is 23.8 Å². The maximum absolute atomic E-state index is 12.1. The third kappa shape index (κ3) is 3.84. The molecule has 0 unspecified atom stereocenters. The Kier molecular flexibility index (Phi) is 5.24. The van der Waals surface area contributed by atoms with Crippen LogP contribution >= 0.6 is 0 Å². The molecular weight excluding hydrogens is 228 g/mol. The zero-order chi connectivity index (χ0) is 12.8. The predicted molar refractivity (Wildman–Crippen MR) is 70.1 cm³/mol. The predicted octanol–water partition coefficient (Wildman–Crippen LogP) is 2.97. The quantitative estimate of drug-likeness (QED) is 0.604. The van der Waals surface area contributed by atoms with Crippen molar-refractivity contribution >= 4 is 5.97 Å². The summed E-state index contributed by atoms with van der Waals surface area (Å²) >= 11 is 0. The van der Waals surface area contributed by atoms with E-state index in [0.29, 0.717) is 17.9 Å². The summed E-state index contributed by atoms with van der Waals surface area (Å²) in [5, 5.41) is 9.07. The highest BCUT2D eigenvalue weighted by Crippen LogP contribution is 2.28. The molecule has 0 aliphatic heterocycles. The fraction of sp³-hybridized carbons (Fsp3) is 0.800. The van der Waals surface area contributed by atoms with E-state index in [-0.39, 0.29) is 18.7 Å². The van der Waals surface area contributed by atoms with Crippen molar-refractivity contribution in [1.82, 2.24) is 0 Å². The van der Waals surface area contributed by atoms with Crippen molar-refractivity contribution in [2.75, 3.05) is 6.61 Å². The molecule has 0 radical (unpaired) electrons. The van der Waals surface area contributed by atoms with Gasteiger partial charge in [0, 0.05) is 18.6 Å². The van der Waals surface area contributed by atoms with Crippen LogP contribution in [0.4, 0.5) is 0 Å². The van der Waals surface area contributed by atoms with Crippen LogP contribution in [0.1, 0.15) is 57.8 Å². The van der Waals surface area contributed by atoms with Gasteiger partial charge in [-0.15, -0.1) is 0 Å². The number of rotatable bonds is 5. The molecule has 0 saturated heterocycles. The summed E-state index contributed by atoms with van der Waals surface area (Å²) < 4.78 is 5.52. The fourth-order valence-electron chi connectivity index (χ4n) is 3.02. The van der Waals surface area contributed by atoms with Gasteiger partial charge < -0.3 is 9.84 Å². The van der Waals surface area contributed by atoms with Gasteiger partial charge in [0.05, 0.1) is 0 Å². The first-order valence-electron chi connectivity index (χ1n) is 7.32. The van der Waals surface area contributed by atoms with Crippen LogP contribution in [0, 0.1) is 5.92 Å². The van der Waals surface area contributed by atoms with Crippen LogP contribution in [-0.2, 0) is 9.53 Å². The van der Waals surface area contributed by atoms with Crippen molar-refractivity contribution < 1.29 is 14.6 Å². The fourth-order valence-corrected chi connectivity index (χ4v) is 3.02. The maximum atomic E-state index is 12.1. The van der Waals surface area contributed by atoms with E-state index in [9.17, 15) is 4.79 Å². The topological polar surface area (TPSA) is 46.5 Å². The molecule has 102 valence electrons. The molecular formula is C15H24O3. The van der Waals surface area contributed by atoms with Crippen molar-refractivity contribution in [3.63, 3.8) is 0 Å². The van der Waals surface area contributed by atoms with Crippen molar-refractivity contribution in [3.8, 4) is 0 Å². The third-order valence-electron chi connectivity index (χ3n) is 4.06. The molecule has 0 spiro atoms. The second kappa shape index (κ2) is 6.93. The van der Waals surface area contributed by atoms with E-state index in [1.165, 1.54) is 38.5 Å². The molecule has 18 heavy (non-hydrogen) atoms. The first-order valence-corrected chi connectivity index (χ1v) is 7.32. The van der Waals surface area contributed by atoms with Crippen LogP contribution < -0.4 is 0 Å². The van der Waals surface area contributed by atoms with Gasteiger partial charge in [-0.05, 0) is 44.4 Å². The monoisotopic (exact) mass is 252 g/mol. The Balaban J connectivity index is 1.92. The molecule has 2 saturated carbocycles. The highest BCUT2D eigenvalue weighted by molar-refractivity contribution is 5.88. The summed E-state index contributed by atoms with van der Waals surface area (Å²) in [5.74, 6) is 0.325. The molecule has 2 aliphatic rings. The molecule has 1 N–H and O–H groups in total. The van der Waals surface area contributed by atoms with E-state index in [1.54, 1.807) is 0 Å². The van der Waals surface area contributed by atoms with Crippen LogP contribution in [0.25, 0.3) is 0 Å². The van der Waals surface area contributed by atoms with Gasteiger partial charge in [0.25, 0.3) is 0 Å². The summed E-state index contributed by atoms with van der Waals surface area (Å²) in [6.07, 6.45) is 11.8. The van der Waals surface area contributed by atoms with Gasteiger partial charge in [-0.25, -0.2) is 4.79 Å². The lowest BCUT2D eigenvalue weighted by molar-refractivity contribution is -0.144. The Hall–Kier alpha value is -0.830. The lowest BCUT2D eigenvalue weighted by atomic mass is 10.0. The highest BCUT2D eigenvalue weighted by Gasteiger charge is 2.22. The second-order valence-corrected chi connectivity index (χ2v) is 5.52. The van der Waals surface area contributed by atoms with Gasteiger partial charge in [-0.2, -0.15) is 0 Å². The van der Waals surface area contributed by atoms with E-state index < -0.39 is 0 Å². The Morgan fingerprint density at radius 2 is 1.72 bits per heavy atom. The molecule has 0 aromatic carbocycles. The van der Waals surface area contributed by atoms with Crippen LogP contribution in [0.15, 0.2) is 11.6 Å². The molecule has 0 aromatic heterocycles. The standard InChI is InChI=1S/C15H24O3/c16-10-9-13(11-12-5-1-2-6-12)15(17)18-14-7-3-4-8-14/h11-12,14,16H,1-10H2. The average molecular weight is 252 g/mol. The summed E-state index contributed by atoms with van der Waals surface area (Å²) in [6.45, 7) is 0.0261. The number of hydrogen-bond acceptors (Lipinski definition) is 3. The summed E-state index contributed by atoms with van der Waals surface area (Å²) in [4.78, 5) is 12.1. The van der Waals surface area contributed by atoms with E-state index in [2.05, 4.69) is 6.08 Å². The van der Waals surface area contributed by atoms with Crippen LogP contribution in [0.5, 0.6) is 0 Å². The number of aliphatic hydroxyl groups excluding tert-OH is 1. The first kappa shape index (κ1) is 13.6. The Labute approximate surface area is 109 Å². The van der Waals surface area contributed by atoms with Crippen LogP contribution in [0.2, 0.25) is 0 Å². The van der Waals surface area contributed by atoms with Crippen molar-refractivity contribution in [3.05, 3.63) is 11.6 Å². The largest absolute Gasteiger partial charge is 0.459 e. The highest BCUT2D eigenvalue weighted by atomic mass is 16.5. The SMILES string of the molecule is O=C(OC1CCCC1)C(=CC1CCCC1)CCO. The molecule has 2 aliphatic carbocycles. The van der Waals surface area contributed by atoms with Crippen LogP contribution in [0.3, 0.4) is 0 Å². The third-order valence-corrected chi connectivity index (χ3v) is 4.06. The molecule has 3 nitrogen and oxygen atoms in total. The smallest absolute Gasteiger partial charge is 0.334 e. The number of esters is 1. The molecule has 0 atom stereocenters. The van der Waals surface area contributed by atoms with E-state index in [4.69, 9.17) is 9.84 Å². The molecule has 2 rings (SSSR count). The number of hydrogen-bond donors (Lipinski definition) is 1. The van der Waals surface area contributed by atoms with Crippen molar-refractivity contribution in [2.45, 2.75) is 63.9 Å². The molecule has 0 bridgehead atoms. The molecule has 2 fully saturated rings. The zero-order valence-corrected chi connectivity index (χ0v) is 11.1.